The molecule has 0 unspecified atom stereocenters. The summed E-state index contributed by atoms with van der Waals surface area (Å²) in [5, 5.41) is 6.51. The highest BCUT2D eigenvalue weighted by molar-refractivity contribution is 6.19. The lowest BCUT2D eigenvalue weighted by atomic mass is 9.97. The van der Waals surface area contributed by atoms with E-state index in [9.17, 15) is 0 Å². The smallest absolute Gasteiger partial charge is 0.164 e. The summed E-state index contributed by atoms with van der Waals surface area (Å²) in [6, 6.07) is 62.7. The third kappa shape index (κ3) is 4.87. The lowest BCUT2D eigenvalue weighted by Crippen LogP contribution is -2.00. The monoisotopic (exact) mass is 730 g/mol. The Morgan fingerprint density at radius 1 is 0.351 bits per heavy atom. The summed E-state index contributed by atoms with van der Waals surface area (Å²) in [6.45, 7) is 0. The van der Waals surface area contributed by atoms with E-state index in [0.29, 0.717) is 17.5 Å². The highest BCUT2D eigenvalue weighted by Gasteiger charge is 2.22. The Morgan fingerprint density at radius 3 is 1.74 bits per heavy atom. The van der Waals surface area contributed by atoms with E-state index in [1.807, 2.05) is 60.7 Å². The minimum absolute atomic E-state index is 0.559. The maximum Gasteiger partial charge on any atom is 0.164 e. The second-order valence-electron chi connectivity index (χ2n) is 14.3. The number of benzene rings is 8. The Balaban J connectivity index is 1.06. The van der Waals surface area contributed by atoms with Crippen LogP contribution in [-0.2, 0) is 0 Å². The summed E-state index contributed by atoms with van der Waals surface area (Å²) < 4.78 is 15.3. The standard InChI is InChI=1S/C51H30N4O2/c1-3-14-31(15-4-1)49-52-50(54-51(53-49)40-23-13-27-44-47(40)38-19-8-10-25-42(38)56-44)32-28-29-39-45(30-32)57-43-26-12-20-35(46(39)43)37-22-11-21-36-34-18-7-9-24-41(34)55(48(36)37)33-16-5-2-6-17-33/h1-30H. The van der Waals surface area contributed by atoms with E-state index in [1.54, 1.807) is 0 Å². The normalized spacial score (nSPS) is 11.9. The molecular weight excluding hydrogens is 701 g/mol. The van der Waals surface area contributed by atoms with E-state index in [4.69, 9.17) is 23.8 Å². The van der Waals surface area contributed by atoms with E-state index in [0.717, 1.165) is 82.9 Å². The van der Waals surface area contributed by atoms with Crippen LogP contribution in [0.3, 0.4) is 0 Å². The lowest BCUT2D eigenvalue weighted by Gasteiger charge is -2.12. The molecular formula is C51H30N4O2. The van der Waals surface area contributed by atoms with Gasteiger partial charge in [-0.3, -0.25) is 0 Å². The summed E-state index contributed by atoms with van der Waals surface area (Å²) in [5.41, 5.74) is 11.5. The fourth-order valence-electron chi connectivity index (χ4n) is 8.57. The number of furan rings is 2. The summed E-state index contributed by atoms with van der Waals surface area (Å²) in [4.78, 5) is 15.3. The molecule has 0 spiro atoms. The van der Waals surface area contributed by atoms with Gasteiger partial charge in [0.25, 0.3) is 0 Å². The average molecular weight is 731 g/mol. The lowest BCUT2D eigenvalue weighted by molar-refractivity contribution is 0.668. The number of nitrogens with zero attached hydrogens (tertiary/aromatic N) is 4. The van der Waals surface area contributed by atoms with Crippen LogP contribution in [-0.4, -0.2) is 19.5 Å². The highest BCUT2D eigenvalue weighted by Crippen LogP contribution is 2.44. The largest absolute Gasteiger partial charge is 0.456 e. The van der Waals surface area contributed by atoms with E-state index >= 15 is 0 Å². The van der Waals surface area contributed by atoms with Crippen molar-refractivity contribution in [1.82, 2.24) is 19.5 Å². The van der Waals surface area contributed by atoms with Crippen LogP contribution < -0.4 is 0 Å². The van der Waals surface area contributed by atoms with Crippen LogP contribution in [0.25, 0.3) is 117 Å². The van der Waals surface area contributed by atoms with Crippen molar-refractivity contribution < 1.29 is 8.83 Å². The fourth-order valence-corrected chi connectivity index (χ4v) is 8.57. The quantitative estimate of drug-likeness (QED) is 0.176. The summed E-state index contributed by atoms with van der Waals surface area (Å²) in [6.07, 6.45) is 0. The van der Waals surface area contributed by atoms with Gasteiger partial charge in [-0.05, 0) is 54.1 Å². The third-order valence-electron chi connectivity index (χ3n) is 11.1. The molecule has 0 amide bonds. The van der Waals surface area contributed by atoms with Crippen LogP contribution in [0.4, 0.5) is 0 Å². The first-order chi connectivity index (χ1) is 28.3. The van der Waals surface area contributed by atoms with Gasteiger partial charge >= 0.3 is 0 Å². The minimum Gasteiger partial charge on any atom is -0.456 e. The molecule has 0 saturated heterocycles. The molecule has 0 N–H and O–H groups in total. The van der Waals surface area contributed by atoms with Gasteiger partial charge in [-0.1, -0.05) is 133 Å². The van der Waals surface area contributed by atoms with Gasteiger partial charge in [-0.15, -0.1) is 0 Å². The maximum absolute atomic E-state index is 6.70. The van der Waals surface area contributed by atoms with Crippen LogP contribution >= 0.6 is 0 Å². The molecule has 0 atom stereocenters. The molecule has 4 heterocycles. The van der Waals surface area contributed by atoms with Crippen molar-refractivity contribution in [2.75, 3.05) is 0 Å². The molecule has 6 nitrogen and oxygen atoms in total. The Kier molecular flexibility index (Phi) is 6.83. The molecule has 6 heteroatoms. The van der Waals surface area contributed by atoms with Gasteiger partial charge in [0, 0.05) is 60.3 Å². The zero-order valence-electron chi connectivity index (χ0n) is 30.4. The van der Waals surface area contributed by atoms with Gasteiger partial charge < -0.3 is 13.4 Å². The number of hydrogen-bond donors (Lipinski definition) is 0. The summed E-state index contributed by atoms with van der Waals surface area (Å²) in [5.74, 6) is 1.72. The molecule has 0 bridgehead atoms. The molecule has 266 valence electrons. The van der Waals surface area contributed by atoms with E-state index in [1.165, 1.54) is 16.3 Å². The van der Waals surface area contributed by atoms with Gasteiger partial charge in [0.15, 0.2) is 17.5 Å². The first-order valence-electron chi connectivity index (χ1n) is 19.0. The van der Waals surface area contributed by atoms with Gasteiger partial charge in [0.05, 0.1) is 11.0 Å². The second-order valence-corrected chi connectivity index (χ2v) is 14.3. The Bertz CT molecular complexity index is 3530. The molecule has 0 aliphatic heterocycles. The van der Waals surface area contributed by atoms with Crippen molar-refractivity contribution in [3.63, 3.8) is 0 Å². The SMILES string of the molecule is c1ccc(-c2nc(-c3ccc4c(c3)oc3cccc(-c5cccc6c7ccccc7n(-c7ccccc7)c56)c34)nc(-c3cccc4oc5ccccc5c34)n2)cc1. The van der Waals surface area contributed by atoms with E-state index in [2.05, 4.69) is 126 Å². The first-order valence-corrected chi connectivity index (χ1v) is 19.0. The van der Waals surface area contributed by atoms with Crippen molar-refractivity contribution in [3.8, 4) is 51.0 Å². The summed E-state index contributed by atoms with van der Waals surface area (Å²) in [7, 11) is 0. The number of aromatic nitrogens is 4. The highest BCUT2D eigenvalue weighted by atomic mass is 16.3. The number of fused-ring (bicyclic) bond motifs is 9. The molecule has 4 aromatic heterocycles. The van der Waals surface area contributed by atoms with Crippen molar-refractivity contribution in [2.45, 2.75) is 0 Å². The van der Waals surface area contributed by atoms with Crippen molar-refractivity contribution in [2.24, 2.45) is 0 Å². The number of hydrogen-bond acceptors (Lipinski definition) is 5. The predicted molar refractivity (Wildman–Crippen MR) is 230 cm³/mol. The third-order valence-corrected chi connectivity index (χ3v) is 11.1. The molecule has 12 aromatic rings. The average Bonchev–Trinajstić information content (AvgIpc) is 3.96. The van der Waals surface area contributed by atoms with Gasteiger partial charge in [0.1, 0.15) is 22.3 Å². The minimum atomic E-state index is 0.559. The van der Waals surface area contributed by atoms with Crippen molar-refractivity contribution >= 4 is 65.7 Å². The van der Waals surface area contributed by atoms with Gasteiger partial charge in [-0.2, -0.15) is 0 Å². The van der Waals surface area contributed by atoms with Gasteiger partial charge in [-0.25, -0.2) is 15.0 Å². The molecule has 0 saturated carbocycles. The molecule has 0 fully saturated rings. The molecule has 0 aliphatic rings. The van der Waals surface area contributed by atoms with Gasteiger partial charge in [0.2, 0.25) is 0 Å². The number of rotatable bonds is 5. The zero-order chi connectivity index (χ0) is 37.5. The Labute approximate surface area is 325 Å². The molecule has 12 rings (SSSR count). The van der Waals surface area contributed by atoms with Crippen molar-refractivity contribution in [1.29, 1.82) is 0 Å². The van der Waals surface area contributed by atoms with Crippen LogP contribution in [0.2, 0.25) is 0 Å². The second kappa shape index (κ2) is 12.3. The molecule has 0 radical (unpaired) electrons. The van der Waals surface area contributed by atoms with Crippen LogP contribution in [0, 0.1) is 0 Å². The molecule has 0 aliphatic carbocycles. The Morgan fingerprint density at radius 2 is 0.912 bits per heavy atom. The maximum atomic E-state index is 6.70. The van der Waals surface area contributed by atoms with Crippen LogP contribution in [0.5, 0.6) is 0 Å². The predicted octanol–water partition coefficient (Wildman–Crippen LogP) is 13.4. The topological polar surface area (TPSA) is 69.9 Å². The number of para-hydroxylation sites is 4. The first kappa shape index (κ1) is 31.5. The molecule has 8 aromatic carbocycles. The van der Waals surface area contributed by atoms with E-state index in [-0.39, 0.29) is 0 Å². The molecule has 57 heavy (non-hydrogen) atoms. The van der Waals surface area contributed by atoms with Crippen LogP contribution in [0.1, 0.15) is 0 Å². The van der Waals surface area contributed by atoms with E-state index < -0.39 is 0 Å². The van der Waals surface area contributed by atoms with Crippen LogP contribution in [0.15, 0.2) is 191 Å². The fraction of sp³-hybridized carbons (Fsp3) is 0. The van der Waals surface area contributed by atoms with Crippen molar-refractivity contribution in [3.05, 3.63) is 182 Å². The zero-order valence-corrected chi connectivity index (χ0v) is 30.4. The Hall–Kier alpha value is -7.83. The summed E-state index contributed by atoms with van der Waals surface area (Å²) >= 11 is 0.